The predicted molar refractivity (Wildman–Crippen MR) is 49.6 cm³/mol. The van der Waals surface area contributed by atoms with E-state index in [0.29, 0.717) is 0 Å². The van der Waals surface area contributed by atoms with Gasteiger partial charge in [0.15, 0.2) is 0 Å². The van der Waals surface area contributed by atoms with Gasteiger partial charge in [0.05, 0.1) is 5.34 Å². The monoisotopic (exact) mass is 220 g/mol. The molecule has 0 aromatic carbocycles. The van der Waals surface area contributed by atoms with Gasteiger partial charge in [-0.25, -0.2) is 0 Å². The van der Waals surface area contributed by atoms with Crippen molar-refractivity contribution in [2.45, 2.75) is 0 Å². The summed E-state index contributed by atoms with van der Waals surface area (Å²) in [6.45, 7) is 6.00. The van der Waals surface area contributed by atoms with Crippen LogP contribution in [0.5, 0.6) is 0 Å². The summed E-state index contributed by atoms with van der Waals surface area (Å²) >= 11 is 9.53. The molecule has 0 aliphatic heterocycles. The van der Waals surface area contributed by atoms with E-state index in [1.54, 1.807) is 0 Å². The molecule has 0 N–H and O–H groups in total. The fraction of sp³-hybridized carbons (Fsp3) is 0.333. The molecule has 0 fully saturated rings. The first-order valence-electron chi connectivity index (χ1n) is 1.03. The van der Waals surface area contributed by atoms with E-state index in [9.17, 15) is 0 Å². The highest BCUT2D eigenvalue weighted by Gasteiger charge is 1.41. The van der Waals surface area contributed by atoms with Gasteiger partial charge in [0.25, 0.3) is 0 Å². The average molecular weight is 222 g/mol. The minimum absolute atomic E-state index is 0. The summed E-state index contributed by atoms with van der Waals surface area (Å²) in [5.74, 6) is 0. The zero-order chi connectivity index (χ0) is 4.71. The molecule has 0 nitrogen and oxygen atoms in total. The Kier molecular flexibility index (Phi) is 387. The highest BCUT2D eigenvalue weighted by atomic mass is 35.5. The molecule has 0 amide bonds. The topological polar surface area (TPSA) is 0 Å². The highest BCUT2D eigenvalue weighted by molar-refractivity contribution is 6.40. The van der Waals surface area contributed by atoms with Gasteiger partial charge in [-0.3, -0.25) is 0 Å². The van der Waals surface area contributed by atoms with E-state index in [4.69, 9.17) is 23.2 Å². The zero-order valence-electron chi connectivity index (χ0n) is 4.10. The number of alkyl halides is 2. The van der Waals surface area contributed by atoms with Crippen molar-refractivity contribution in [3.63, 3.8) is 0 Å². The summed E-state index contributed by atoms with van der Waals surface area (Å²) in [5.41, 5.74) is 0. The number of halogens is 5. The lowest BCUT2D eigenvalue weighted by Gasteiger charge is -1.42. The van der Waals surface area contributed by atoms with Crippen LogP contribution < -0.4 is 0 Å². The number of hydrogen-bond donors (Lipinski definition) is 0. The summed E-state index contributed by atoms with van der Waals surface area (Å²) in [7, 11) is 0. The Morgan fingerprint density at radius 2 is 0.875 bits per heavy atom. The number of hydrogen-bond acceptors (Lipinski definition) is 0. The Bertz CT molecular complexity index is 11.6. The Hall–Kier alpha value is 1.19. The molecule has 0 saturated carbocycles. The molecule has 0 saturated heterocycles. The van der Waals surface area contributed by atoms with Crippen molar-refractivity contribution in [2.24, 2.45) is 0 Å². The lowest BCUT2D eigenvalue weighted by atomic mass is 11.3. The van der Waals surface area contributed by atoms with Gasteiger partial charge >= 0.3 is 0 Å². The van der Waals surface area contributed by atoms with Crippen molar-refractivity contribution in [1.29, 1.82) is 0 Å². The lowest BCUT2D eigenvalue weighted by molar-refractivity contribution is 2.20. The molecule has 0 heterocycles. The van der Waals surface area contributed by atoms with Crippen molar-refractivity contribution in [1.82, 2.24) is 0 Å². The predicted octanol–water partition coefficient (Wildman–Crippen LogP) is 3.49. The molecule has 0 aliphatic carbocycles. The van der Waals surface area contributed by atoms with Gasteiger partial charge in [-0.15, -0.1) is 73.6 Å². The van der Waals surface area contributed by atoms with E-state index in [1.807, 2.05) is 0 Å². The zero-order valence-corrected chi connectivity index (χ0v) is 8.06. The van der Waals surface area contributed by atoms with Crippen molar-refractivity contribution in [2.75, 3.05) is 5.34 Å². The van der Waals surface area contributed by atoms with Gasteiger partial charge in [0.1, 0.15) is 0 Å². The van der Waals surface area contributed by atoms with Crippen LogP contribution in [0.1, 0.15) is 0 Å². The minimum Gasteiger partial charge on any atom is -0.147 e. The van der Waals surface area contributed by atoms with E-state index in [-0.39, 0.29) is 42.6 Å². The van der Waals surface area contributed by atoms with Crippen LogP contribution in [0.2, 0.25) is 0 Å². The second-order valence-electron chi connectivity index (χ2n) is 0.101. The van der Waals surface area contributed by atoms with Crippen LogP contribution in [0.3, 0.4) is 0 Å². The van der Waals surface area contributed by atoms with Crippen LogP contribution in [-0.2, 0) is 0 Å². The first-order chi connectivity index (χ1) is 2.41. The third-order valence-corrected chi connectivity index (χ3v) is 0. The van der Waals surface area contributed by atoms with Gasteiger partial charge in [-0.1, -0.05) is 0 Å². The largest absolute Gasteiger partial charge is 0.147 e. The molecular formula is C3H9Cl5. The third kappa shape index (κ3) is 195. The number of rotatable bonds is 0. The van der Waals surface area contributed by atoms with Gasteiger partial charge in [0.2, 0.25) is 0 Å². The van der Waals surface area contributed by atoms with Gasteiger partial charge in [-0.2, -0.15) is 0 Å². The molecule has 0 spiro atoms. The summed E-state index contributed by atoms with van der Waals surface area (Å²) in [4.78, 5) is 0. The molecule has 0 aromatic heterocycles. The van der Waals surface area contributed by atoms with Crippen molar-refractivity contribution >= 4 is 60.4 Å². The van der Waals surface area contributed by atoms with E-state index in [2.05, 4.69) is 13.2 Å². The third-order valence-electron chi connectivity index (χ3n) is 0. The maximum atomic E-state index is 4.76. The molecule has 0 bridgehead atoms. The van der Waals surface area contributed by atoms with E-state index in [1.165, 1.54) is 0 Å². The lowest BCUT2D eigenvalue weighted by Crippen LogP contribution is -1.24. The van der Waals surface area contributed by atoms with Crippen molar-refractivity contribution in [3.05, 3.63) is 13.2 Å². The average Bonchev–Trinajstić information content (AvgIpc) is 1.46. The smallest absolute Gasteiger partial charge is 0.0967 e. The molecule has 0 radical (unpaired) electrons. The molecule has 56 valence electrons. The molecular weight excluding hydrogens is 213 g/mol. The summed E-state index contributed by atoms with van der Waals surface area (Å²) in [5, 5.41) is 0.194. The molecule has 0 atom stereocenters. The molecule has 8 heavy (non-hydrogen) atoms. The summed E-state index contributed by atoms with van der Waals surface area (Å²) in [6.07, 6.45) is 0. The Labute approximate surface area is 78.9 Å². The second kappa shape index (κ2) is 88.3. The fourth-order valence-corrected chi connectivity index (χ4v) is 0. The van der Waals surface area contributed by atoms with Crippen LogP contribution in [0.15, 0.2) is 13.2 Å². The minimum atomic E-state index is 0. The molecule has 0 aliphatic rings. The van der Waals surface area contributed by atoms with E-state index >= 15 is 0 Å². The van der Waals surface area contributed by atoms with Gasteiger partial charge in [0, 0.05) is 0 Å². The second-order valence-corrected chi connectivity index (χ2v) is 0.909. The maximum absolute atomic E-state index is 4.76. The first-order valence-corrected chi connectivity index (χ1v) is 2.10. The fourth-order valence-electron chi connectivity index (χ4n) is 0. The summed E-state index contributed by atoms with van der Waals surface area (Å²) < 4.78 is 0. The quantitative estimate of drug-likeness (QED) is 0.435. The van der Waals surface area contributed by atoms with Crippen molar-refractivity contribution < 1.29 is 0 Å². The van der Waals surface area contributed by atoms with E-state index < -0.39 is 0 Å². The van der Waals surface area contributed by atoms with Crippen LogP contribution >= 0.6 is 60.4 Å². The molecule has 0 aromatic rings. The van der Waals surface area contributed by atoms with Crippen LogP contribution in [0, 0.1) is 0 Å². The Balaban J connectivity index is -0.00000000567. The van der Waals surface area contributed by atoms with Crippen molar-refractivity contribution in [3.8, 4) is 0 Å². The molecule has 0 unspecified atom stereocenters. The standard InChI is InChI=1S/C2H4.CH2Cl2.3ClH/c1-2;2-1-3;;;/h1-2H2;1H2;3*1H. The molecule has 5 heteroatoms. The summed E-state index contributed by atoms with van der Waals surface area (Å²) in [6, 6.07) is 0. The maximum Gasteiger partial charge on any atom is 0.0967 e. The Morgan fingerprint density at radius 3 is 0.875 bits per heavy atom. The molecule has 0 rings (SSSR count). The van der Waals surface area contributed by atoms with Crippen LogP contribution in [0.4, 0.5) is 0 Å². The van der Waals surface area contributed by atoms with Gasteiger partial charge < -0.3 is 0 Å². The van der Waals surface area contributed by atoms with Gasteiger partial charge in [-0.05, 0) is 0 Å². The van der Waals surface area contributed by atoms with Crippen LogP contribution in [-0.4, -0.2) is 5.34 Å². The normalized spacial score (nSPS) is 2.75. The SMILES string of the molecule is C=C.Cl.Cl.Cl.ClCCl. The Morgan fingerprint density at radius 1 is 0.875 bits per heavy atom. The first kappa shape index (κ1) is 35.1. The highest BCUT2D eigenvalue weighted by Crippen LogP contribution is 1.73. The van der Waals surface area contributed by atoms with Crippen LogP contribution in [0.25, 0.3) is 0 Å². The van der Waals surface area contributed by atoms with E-state index in [0.717, 1.165) is 0 Å².